The second-order valence-electron chi connectivity index (χ2n) is 3.98. The average molecular weight is 345 g/mol. The predicted molar refractivity (Wildman–Crippen MR) is 78.4 cm³/mol. The van der Waals surface area contributed by atoms with Crippen LogP contribution in [0.5, 0.6) is 11.5 Å². The molecule has 0 atom stereocenters. The van der Waals surface area contributed by atoms with Gasteiger partial charge in [-0.2, -0.15) is 0 Å². The van der Waals surface area contributed by atoms with E-state index >= 15 is 0 Å². The maximum absolute atomic E-state index is 13.3. The van der Waals surface area contributed by atoms with Crippen molar-refractivity contribution in [3.05, 3.63) is 57.3 Å². The van der Waals surface area contributed by atoms with Crippen molar-refractivity contribution in [3.8, 4) is 11.5 Å². The molecule has 0 unspecified atom stereocenters. The Balaban J connectivity index is 2.20. The highest BCUT2D eigenvalue weighted by Crippen LogP contribution is 2.31. The Morgan fingerprint density at radius 1 is 1.21 bits per heavy atom. The van der Waals surface area contributed by atoms with Crippen LogP contribution in [-0.2, 0) is 6.42 Å². The van der Waals surface area contributed by atoms with Crippen LogP contribution >= 0.6 is 27.5 Å². The highest BCUT2D eigenvalue weighted by molar-refractivity contribution is 9.10. The molecule has 2 N–H and O–H groups in total. The molecule has 0 aliphatic heterocycles. The fourth-order valence-corrected chi connectivity index (χ4v) is 2.24. The summed E-state index contributed by atoms with van der Waals surface area (Å²) in [6, 6.07) is 10.0. The minimum absolute atomic E-state index is 0.0738. The average Bonchev–Trinajstić information content (AvgIpc) is 2.37. The summed E-state index contributed by atoms with van der Waals surface area (Å²) in [5, 5.41) is 0.0738. The first kappa shape index (κ1) is 14.3. The zero-order valence-electron chi connectivity index (χ0n) is 10.00. The van der Waals surface area contributed by atoms with E-state index in [-0.39, 0.29) is 5.02 Å². The van der Waals surface area contributed by atoms with E-state index in [0.29, 0.717) is 18.0 Å². The topological polar surface area (TPSA) is 35.2 Å². The third kappa shape index (κ3) is 3.69. The zero-order valence-corrected chi connectivity index (χ0v) is 12.3. The molecule has 100 valence electrons. The third-order valence-electron chi connectivity index (χ3n) is 2.55. The lowest BCUT2D eigenvalue weighted by atomic mass is 10.1. The van der Waals surface area contributed by atoms with Crippen molar-refractivity contribution in [2.45, 2.75) is 6.42 Å². The van der Waals surface area contributed by atoms with Crippen LogP contribution < -0.4 is 10.5 Å². The molecule has 2 aromatic carbocycles. The van der Waals surface area contributed by atoms with Crippen LogP contribution in [0.1, 0.15) is 5.56 Å². The van der Waals surface area contributed by atoms with Crippen molar-refractivity contribution in [2.24, 2.45) is 5.73 Å². The second-order valence-corrected chi connectivity index (χ2v) is 5.24. The summed E-state index contributed by atoms with van der Waals surface area (Å²) < 4.78 is 19.7. The lowest BCUT2D eigenvalue weighted by Gasteiger charge is -2.09. The molecule has 19 heavy (non-hydrogen) atoms. The van der Waals surface area contributed by atoms with Crippen molar-refractivity contribution in [2.75, 3.05) is 6.54 Å². The maximum atomic E-state index is 13.3. The number of benzene rings is 2. The predicted octanol–water partition coefficient (Wildman–Crippen LogP) is 4.54. The first-order chi connectivity index (χ1) is 9.10. The lowest BCUT2D eigenvalue weighted by molar-refractivity contribution is 0.473. The number of ether oxygens (including phenoxy) is 1. The van der Waals surface area contributed by atoms with Gasteiger partial charge in [0.25, 0.3) is 0 Å². The van der Waals surface area contributed by atoms with Crippen molar-refractivity contribution >= 4 is 27.5 Å². The van der Waals surface area contributed by atoms with Crippen LogP contribution in [0.3, 0.4) is 0 Å². The Kier molecular flexibility index (Phi) is 4.80. The smallest absolute Gasteiger partial charge is 0.145 e. The zero-order chi connectivity index (χ0) is 13.8. The number of rotatable bonds is 4. The van der Waals surface area contributed by atoms with E-state index in [9.17, 15) is 4.39 Å². The molecule has 2 nitrogen and oxygen atoms in total. The van der Waals surface area contributed by atoms with Gasteiger partial charge in [-0.1, -0.05) is 17.7 Å². The van der Waals surface area contributed by atoms with E-state index < -0.39 is 5.82 Å². The van der Waals surface area contributed by atoms with E-state index in [1.54, 1.807) is 6.07 Å². The van der Waals surface area contributed by atoms with Gasteiger partial charge in [-0.15, -0.1) is 0 Å². The summed E-state index contributed by atoms with van der Waals surface area (Å²) in [7, 11) is 0. The molecule has 5 heteroatoms. The molecule has 2 rings (SSSR count). The number of hydrogen-bond acceptors (Lipinski definition) is 2. The summed E-state index contributed by atoms with van der Waals surface area (Å²) in [6.07, 6.45) is 0.800. The van der Waals surface area contributed by atoms with Gasteiger partial charge >= 0.3 is 0 Å². The van der Waals surface area contributed by atoms with E-state index in [0.717, 1.165) is 16.5 Å². The van der Waals surface area contributed by atoms with E-state index in [4.69, 9.17) is 22.1 Å². The molecule has 0 saturated heterocycles. The minimum atomic E-state index is -0.505. The quantitative estimate of drug-likeness (QED) is 0.884. The van der Waals surface area contributed by atoms with Gasteiger partial charge in [-0.3, -0.25) is 0 Å². The fourth-order valence-electron chi connectivity index (χ4n) is 1.62. The molecule has 0 radical (unpaired) electrons. The van der Waals surface area contributed by atoms with Crippen LogP contribution in [-0.4, -0.2) is 6.54 Å². The van der Waals surface area contributed by atoms with Crippen molar-refractivity contribution in [1.82, 2.24) is 0 Å². The largest absolute Gasteiger partial charge is 0.456 e. The van der Waals surface area contributed by atoms with Gasteiger partial charge in [0.2, 0.25) is 0 Å². The molecule has 0 amide bonds. The van der Waals surface area contributed by atoms with Crippen LogP contribution in [0, 0.1) is 5.82 Å². The Hall–Kier alpha value is -1.10. The summed E-state index contributed by atoms with van der Waals surface area (Å²) in [4.78, 5) is 0. The highest BCUT2D eigenvalue weighted by atomic mass is 79.9. The third-order valence-corrected chi connectivity index (χ3v) is 3.47. The van der Waals surface area contributed by atoms with Gasteiger partial charge < -0.3 is 10.5 Å². The van der Waals surface area contributed by atoms with Crippen LogP contribution in [0.25, 0.3) is 0 Å². The Morgan fingerprint density at radius 3 is 2.63 bits per heavy atom. The SMILES string of the molecule is NCCc1ccc(Oc2ccc(Cl)c(F)c2)c(Br)c1. The first-order valence-corrected chi connectivity index (χ1v) is 6.88. The normalized spacial score (nSPS) is 10.5. The van der Waals surface area contributed by atoms with E-state index in [1.807, 2.05) is 18.2 Å². The number of nitrogens with two attached hydrogens (primary N) is 1. The van der Waals surface area contributed by atoms with Gasteiger partial charge in [0.1, 0.15) is 17.3 Å². The molecule has 0 fully saturated rings. The van der Waals surface area contributed by atoms with Gasteiger partial charge in [0, 0.05) is 6.07 Å². The van der Waals surface area contributed by atoms with E-state index in [2.05, 4.69) is 15.9 Å². The van der Waals surface area contributed by atoms with Gasteiger partial charge in [-0.25, -0.2) is 4.39 Å². The molecule has 0 spiro atoms. The van der Waals surface area contributed by atoms with Crippen molar-refractivity contribution in [1.29, 1.82) is 0 Å². The Bertz CT molecular complexity index is 592. The molecule has 0 aliphatic rings. The minimum Gasteiger partial charge on any atom is -0.456 e. The standard InChI is InChI=1S/C14H12BrClFNO/c15-11-7-9(5-6-18)1-4-14(11)19-10-2-3-12(16)13(17)8-10/h1-4,7-8H,5-6,18H2. The molecular weight excluding hydrogens is 333 g/mol. The monoisotopic (exact) mass is 343 g/mol. The first-order valence-electron chi connectivity index (χ1n) is 5.71. The Labute approximate surface area is 124 Å². The van der Waals surface area contributed by atoms with Crippen LogP contribution in [0.4, 0.5) is 4.39 Å². The fraction of sp³-hybridized carbons (Fsp3) is 0.143. The molecule has 0 heterocycles. The summed E-state index contributed by atoms with van der Waals surface area (Å²) in [5.74, 6) is 0.506. The van der Waals surface area contributed by atoms with Gasteiger partial charge in [-0.05, 0) is 58.7 Å². The molecule has 0 bridgehead atoms. The molecule has 0 aliphatic carbocycles. The van der Waals surface area contributed by atoms with E-state index in [1.165, 1.54) is 12.1 Å². The summed E-state index contributed by atoms with van der Waals surface area (Å²) in [5.41, 5.74) is 6.62. The molecular formula is C14H12BrClFNO. The van der Waals surface area contributed by atoms with Crippen LogP contribution in [0.15, 0.2) is 40.9 Å². The lowest BCUT2D eigenvalue weighted by Crippen LogP contribution is -2.02. The molecule has 2 aromatic rings. The highest BCUT2D eigenvalue weighted by Gasteiger charge is 2.06. The van der Waals surface area contributed by atoms with Gasteiger partial charge in [0.15, 0.2) is 0 Å². The second kappa shape index (κ2) is 6.37. The van der Waals surface area contributed by atoms with Crippen molar-refractivity contribution < 1.29 is 9.13 Å². The molecule has 0 aromatic heterocycles. The maximum Gasteiger partial charge on any atom is 0.145 e. The molecule has 0 saturated carbocycles. The summed E-state index contributed by atoms with van der Waals surface area (Å²) in [6.45, 7) is 0.592. The number of halogens is 3. The Morgan fingerprint density at radius 2 is 2.00 bits per heavy atom. The number of hydrogen-bond donors (Lipinski definition) is 1. The van der Waals surface area contributed by atoms with Gasteiger partial charge in [0.05, 0.1) is 9.50 Å². The van der Waals surface area contributed by atoms with Crippen molar-refractivity contribution in [3.63, 3.8) is 0 Å². The van der Waals surface area contributed by atoms with Crippen LogP contribution in [0.2, 0.25) is 5.02 Å². The summed E-state index contributed by atoms with van der Waals surface area (Å²) >= 11 is 9.04.